The Bertz CT molecular complexity index is 1050. The second-order valence-corrected chi connectivity index (χ2v) is 7.95. The average Bonchev–Trinajstić information content (AvgIpc) is 2.67. The normalized spacial score (nSPS) is 11.1. The van der Waals surface area contributed by atoms with Gasteiger partial charge in [-0.3, -0.25) is 14.4 Å². The van der Waals surface area contributed by atoms with Gasteiger partial charge in [0.2, 0.25) is 0 Å². The highest BCUT2D eigenvalue weighted by Gasteiger charge is 2.26. The van der Waals surface area contributed by atoms with Crippen molar-refractivity contribution in [2.75, 3.05) is 4.31 Å². The molecular formula is C20H18N2O4S. The predicted octanol–water partition coefficient (Wildman–Crippen LogP) is 4.30. The third-order valence-electron chi connectivity index (χ3n) is 4.09. The number of nitro groups is 1. The molecule has 3 aromatic carbocycles. The van der Waals surface area contributed by atoms with Crippen molar-refractivity contribution in [2.45, 2.75) is 18.4 Å². The molecule has 0 N–H and O–H groups in total. The molecule has 0 aliphatic carbocycles. The van der Waals surface area contributed by atoms with E-state index in [1.54, 1.807) is 18.2 Å². The number of hydrogen-bond donors (Lipinski definition) is 0. The Balaban J connectivity index is 2.06. The summed E-state index contributed by atoms with van der Waals surface area (Å²) >= 11 is 0. The van der Waals surface area contributed by atoms with Gasteiger partial charge in [0.1, 0.15) is 0 Å². The Morgan fingerprint density at radius 1 is 0.926 bits per heavy atom. The summed E-state index contributed by atoms with van der Waals surface area (Å²) in [5.41, 5.74) is 2.16. The predicted molar refractivity (Wildman–Crippen MR) is 104 cm³/mol. The van der Waals surface area contributed by atoms with Crippen LogP contribution in [0.2, 0.25) is 0 Å². The first-order chi connectivity index (χ1) is 12.9. The van der Waals surface area contributed by atoms with E-state index in [4.69, 9.17) is 0 Å². The van der Waals surface area contributed by atoms with Gasteiger partial charge in [-0.2, -0.15) is 0 Å². The molecule has 0 heterocycles. The Labute approximate surface area is 157 Å². The average molecular weight is 382 g/mol. The highest BCUT2D eigenvalue weighted by molar-refractivity contribution is 7.92. The molecule has 0 aliphatic rings. The molecule has 7 heteroatoms. The number of nitro benzene ring substituents is 1. The van der Waals surface area contributed by atoms with E-state index in [0.29, 0.717) is 5.69 Å². The molecule has 0 spiro atoms. The van der Waals surface area contributed by atoms with Crippen LogP contribution < -0.4 is 4.31 Å². The van der Waals surface area contributed by atoms with Crippen LogP contribution in [0.5, 0.6) is 0 Å². The van der Waals surface area contributed by atoms with E-state index in [9.17, 15) is 18.5 Å². The molecule has 0 saturated heterocycles. The molecule has 27 heavy (non-hydrogen) atoms. The molecule has 0 radical (unpaired) electrons. The van der Waals surface area contributed by atoms with E-state index < -0.39 is 14.9 Å². The second kappa shape index (κ2) is 7.59. The molecule has 0 atom stereocenters. The van der Waals surface area contributed by atoms with Gasteiger partial charge >= 0.3 is 0 Å². The summed E-state index contributed by atoms with van der Waals surface area (Å²) in [5.74, 6) is 0. The highest BCUT2D eigenvalue weighted by Crippen LogP contribution is 2.27. The summed E-state index contributed by atoms with van der Waals surface area (Å²) < 4.78 is 27.9. The standard InChI is InChI=1S/C20H18N2O4S/c1-16-6-5-9-19(14-16)21(15-17-7-3-2-4-8-17)27(25,26)20-12-10-18(11-13-20)22(23)24/h2-14H,15H2,1H3. The van der Waals surface area contributed by atoms with Crippen molar-refractivity contribution in [3.05, 3.63) is 100 Å². The molecule has 3 aromatic rings. The zero-order valence-electron chi connectivity index (χ0n) is 14.6. The summed E-state index contributed by atoms with van der Waals surface area (Å²) in [7, 11) is -3.90. The minimum Gasteiger partial charge on any atom is -0.262 e. The summed E-state index contributed by atoms with van der Waals surface area (Å²) in [6, 6.07) is 21.4. The van der Waals surface area contributed by atoms with Gasteiger partial charge in [-0.25, -0.2) is 8.42 Å². The quantitative estimate of drug-likeness (QED) is 0.470. The lowest BCUT2D eigenvalue weighted by Crippen LogP contribution is -2.30. The summed E-state index contributed by atoms with van der Waals surface area (Å²) in [4.78, 5) is 10.3. The minimum absolute atomic E-state index is 0.00513. The van der Waals surface area contributed by atoms with E-state index in [2.05, 4.69) is 0 Å². The molecule has 0 aromatic heterocycles. The van der Waals surface area contributed by atoms with Crippen LogP contribution in [0.15, 0.2) is 83.8 Å². The number of aryl methyl sites for hydroxylation is 1. The zero-order valence-corrected chi connectivity index (χ0v) is 15.5. The van der Waals surface area contributed by atoms with Crippen molar-refractivity contribution in [2.24, 2.45) is 0 Å². The zero-order chi connectivity index (χ0) is 19.4. The maximum atomic E-state index is 13.3. The number of anilines is 1. The van der Waals surface area contributed by atoms with Crippen molar-refractivity contribution in [3.8, 4) is 0 Å². The van der Waals surface area contributed by atoms with Gasteiger partial charge in [-0.15, -0.1) is 0 Å². The highest BCUT2D eigenvalue weighted by atomic mass is 32.2. The molecule has 0 aliphatic heterocycles. The van der Waals surface area contributed by atoms with Crippen molar-refractivity contribution < 1.29 is 13.3 Å². The van der Waals surface area contributed by atoms with E-state index in [0.717, 1.165) is 11.1 Å². The molecular weight excluding hydrogens is 364 g/mol. The number of hydrogen-bond acceptors (Lipinski definition) is 4. The van der Waals surface area contributed by atoms with E-state index in [-0.39, 0.29) is 17.1 Å². The van der Waals surface area contributed by atoms with Crippen LogP contribution in [0.25, 0.3) is 0 Å². The van der Waals surface area contributed by atoms with Crippen LogP contribution in [0.4, 0.5) is 11.4 Å². The molecule has 3 rings (SSSR count). The van der Waals surface area contributed by atoms with Gasteiger partial charge in [-0.1, -0.05) is 42.5 Å². The van der Waals surface area contributed by atoms with Crippen LogP contribution in [0, 0.1) is 17.0 Å². The van der Waals surface area contributed by atoms with E-state index in [1.807, 2.05) is 43.3 Å². The first-order valence-corrected chi connectivity index (χ1v) is 9.70. The van der Waals surface area contributed by atoms with Crippen molar-refractivity contribution >= 4 is 21.4 Å². The molecule has 0 saturated carbocycles. The van der Waals surface area contributed by atoms with E-state index >= 15 is 0 Å². The number of benzene rings is 3. The number of nitrogens with zero attached hydrogens (tertiary/aromatic N) is 2. The molecule has 138 valence electrons. The third kappa shape index (κ3) is 4.15. The first kappa shape index (κ1) is 18.6. The molecule has 0 unspecified atom stereocenters. The fourth-order valence-electron chi connectivity index (χ4n) is 2.71. The summed E-state index contributed by atoms with van der Waals surface area (Å²) in [5, 5.41) is 10.8. The number of rotatable bonds is 6. The number of non-ortho nitro benzene ring substituents is 1. The minimum atomic E-state index is -3.90. The van der Waals surface area contributed by atoms with Crippen molar-refractivity contribution in [3.63, 3.8) is 0 Å². The molecule has 0 amide bonds. The van der Waals surface area contributed by atoms with Gasteiger partial charge in [0.15, 0.2) is 0 Å². The smallest absolute Gasteiger partial charge is 0.262 e. The second-order valence-electron chi connectivity index (χ2n) is 6.09. The lowest BCUT2D eigenvalue weighted by molar-refractivity contribution is -0.384. The first-order valence-electron chi connectivity index (χ1n) is 8.26. The van der Waals surface area contributed by atoms with Gasteiger partial charge in [0.25, 0.3) is 15.7 Å². The SMILES string of the molecule is Cc1cccc(N(Cc2ccccc2)S(=O)(=O)c2ccc([N+](=O)[O-])cc2)c1. The largest absolute Gasteiger partial charge is 0.269 e. The van der Waals surface area contributed by atoms with Gasteiger partial charge in [0.05, 0.1) is 22.1 Å². The van der Waals surface area contributed by atoms with Crippen LogP contribution in [-0.2, 0) is 16.6 Å². The van der Waals surface area contributed by atoms with Crippen molar-refractivity contribution in [1.82, 2.24) is 0 Å². The fourth-order valence-corrected chi connectivity index (χ4v) is 4.16. The van der Waals surface area contributed by atoms with Gasteiger partial charge in [0, 0.05) is 12.1 Å². The van der Waals surface area contributed by atoms with Crippen molar-refractivity contribution in [1.29, 1.82) is 0 Å². The fraction of sp³-hybridized carbons (Fsp3) is 0.100. The Morgan fingerprint density at radius 2 is 1.59 bits per heavy atom. The third-order valence-corrected chi connectivity index (χ3v) is 5.88. The van der Waals surface area contributed by atoms with E-state index in [1.165, 1.54) is 28.6 Å². The van der Waals surface area contributed by atoms with Gasteiger partial charge < -0.3 is 0 Å². The Kier molecular flexibility index (Phi) is 5.23. The summed E-state index contributed by atoms with van der Waals surface area (Å²) in [6.45, 7) is 2.05. The maximum absolute atomic E-state index is 13.3. The maximum Gasteiger partial charge on any atom is 0.269 e. The number of sulfonamides is 1. The van der Waals surface area contributed by atoms with Crippen LogP contribution >= 0.6 is 0 Å². The Morgan fingerprint density at radius 3 is 2.19 bits per heavy atom. The lowest BCUT2D eigenvalue weighted by Gasteiger charge is -2.25. The molecule has 6 nitrogen and oxygen atoms in total. The molecule has 0 fully saturated rings. The van der Waals surface area contributed by atoms with Crippen LogP contribution in [0.3, 0.4) is 0 Å². The lowest BCUT2D eigenvalue weighted by atomic mass is 10.2. The van der Waals surface area contributed by atoms with Crippen LogP contribution in [-0.4, -0.2) is 13.3 Å². The summed E-state index contributed by atoms with van der Waals surface area (Å²) in [6.07, 6.45) is 0. The Hall–Kier alpha value is -3.19. The monoisotopic (exact) mass is 382 g/mol. The topological polar surface area (TPSA) is 80.5 Å². The molecule has 0 bridgehead atoms. The van der Waals surface area contributed by atoms with Gasteiger partial charge in [-0.05, 0) is 42.3 Å². The van der Waals surface area contributed by atoms with Crippen LogP contribution in [0.1, 0.15) is 11.1 Å².